The average molecular weight is 263 g/mol. The zero-order chi connectivity index (χ0) is 14.7. The Balaban J connectivity index is 2.59. The molecule has 0 atom stereocenters. The zero-order valence-electron chi connectivity index (χ0n) is 12.6. The highest BCUT2D eigenvalue weighted by atomic mass is 16.4. The Morgan fingerprint density at radius 2 is 1.63 bits per heavy atom. The molecule has 0 aromatic heterocycles. The second kappa shape index (κ2) is 5.74. The van der Waals surface area contributed by atoms with Crippen molar-refractivity contribution in [2.24, 2.45) is 5.41 Å². The first-order valence-electron chi connectivity index (χ1n) is 6.66. The van der Waals surface area contributed by atoms with E-state index in [1.165, 1.54) is 0 Å². The van der Waals surface area contributed by atoms with Crippen molar-refractivity contribution in [2.75, 3.05) is 0 Å². The van der Waals surface area contributed by atoms with Crippen LogP contribution in [0.25, 0.3) is 0 Å². The van der Waals surface area contributed by atoms with Gasteiger partial charge in [0, 0.05) is 12.1 Å². The zero-order valence-corrected chi connectivity index (χ0v) is 12.6. The van der Waals surface area contributed by atoms with E-state index >= 15 is 0 Å². The number of rotatable bonds is 5. The molecule has 0 radical (unpaired) electrons. The SMILES string of the molecule is CC(C)(C)CC(C)(C)NCc1ccc(C(=O)O)cc1. The van der Waals surface area contributed by atoms with E-state index in [4.69, 9.17) is 5.11 Å². The van der Waals surface area contributed by atoms with E-state index in [1.807, 2.05) is 12.1 Å². The number of hydrogen-bond acceptors (Lipinski definition) is 2. The maximum Gasteiger partial charge on any atom is 0.335 e. The number of hydrogen-bond donors (Lipinski definition) is 2. The molecule has 0 saturated heterocycles. The molecule has 1 aromatic rings. The van der Waals surface area contributed by atoms with E-state index < -0.39 is 5.97 Å². The number of carbonyl (C=O) groups is 1. The highest BCUT2D eigenvalue weighted by molar-refractivity contribution is 5.87. The number of aromatic carboxylic acids is 1. The van der Waals surface area contributed by atoms with Crippen LogP contribution >= 0.6 is 0 Å². The van der Waals surface area contributed by atoms with Crippen molar-refractivity contribution < 1.29 is 9.90 Å². The molecule has 106 valence electrons. The highest BCUT2D eigenvalue weighted by Gasteiger charge is 2.24. The molecule has 3 heteroatoms. The summed E-state index contributed by atoms with van der Waals surface area (Å²) < 4.78 is 0. The standard InChI is InChI=1S/C16H25NO2/c1-15(2,3)11-16(4,5)17-10-12-6-8-13(9-7-12)14(18)19/h6-9,17H,10-11H2,1-5H3,(H,18,19). The van der Waals surface area contributed by atoms with Crippen molar-refractivity contribution in [1.82, 2.24) is 5.32 Å². The Morgan fingerprint density at radius 3 is 2.05 bits per heavy atom. The van der Waals surface area contributed by atoms with E-state index in [-0.39, 0.29) is 11.0 Å². The van der Waals surface area contributed by atoms with Crippen LogP contribution in [0.1, 0.15) is 57.0 Å². The van der Waals surface area contributed by atoms with Crippen LogP contribution in [-0.4, -0.2) is 16.6 Å². The first-order valence-corrected chi connectivity index (χ1v) is 6.66. The third-order valence-electron chi connectivity index (χ3n) is 2.94. The van der Waals surface area contributed by atoms with Crippen molar-refractivity contribution in [3.05, 3.63) is 35.4 Å². The lowest BCUT2D eigenvalue weighted by molar-refractivity contribution is 0.0697. The summed E-state index contributed by atoms with van der Waals surface area (Å²) in [5.74, 6) is -0.882. The molecule has 0 spiro atoms. The number of carboxylic acid groups (broad SMARTS) is 1. The predicted octanol–water partition coefficient (Wildman–Crippen LogP) is 3.69. The molecular formula is C16H25NO2. The minimum atomic E-state index is -0.882. The van der Waals surface area contributed by atoms with Gasteiger partial charge in [0.1, 0.15) is 0 Å². The Bertz CT molecular complexity index is 427. The molecule has 0 unspecified atom stereocenters. The molecule has 0 fully saturated rings. The summed E-state index contributed by atoms with van der Waals surface area (Å²) in [5.41, 5.74) is 1.78. The molecule has 0 amide bonds. The third kappa shape index (κ3) is 5.88. The molecule has 1 aromatic carbocycles. The van der Waals surface area contributed by atoms with Crippen LogP contribution < -0.4 is 5.32 Å². The van der Waals surface area contributed by atoms with Crippen molar-refractivity contribution in [2.45, 2.75) is 53.1 Å². The molecular weight excluding hydrogens is 238 g/mol. The van der Waals surface area contributed by atoms with Gasteiger partial charge in [0.25, 0.3) is 0 Å². The fourth-order valence-electron chi connectivity index (χ4n) is 2.49. The van der Waals surface area contributed by atoms with Crippen LogP contribution in [0.5, 0.6) is 0 Å². The van der Waals surface area contributed by atoms with Gasteiger partial charge in [-0.15, -0.1) is 0 Å². The monoisotopic (exact) mass is 263 g/mol. The molecule has 3 nitrogen and oxygen atoms in total. The highest BCUT2D eigenvalue weighted by Crippen LogP contribution is 2.27. The summed E-state index contributed by atoms with van der Waals surface area (Å²) in [6, 6.07) is 7.03. The van der Waals surface area contributed by atoms with E-state index in [2.05, 4.69) is 39.9 Å². The van der Waals surface area contributed by atoms with Gasteiger partial charge in [0.15, 0.2) is 0 Å². The van der Waals surface area contributed by atoms with Crippen molar-refractivity contribution in [3.63, 3.8) is 0 Å². The summed E-state index contributed by atoms with van der Waals surface area (Å²) in [6.07, 6.45) is 1.08. The second-order valence-electron chi connectivity index (χ2n) is 6.98. The summed E-state index contributed by atoms with van der Waals surface area (Å²) >= 11 is 0. The molecule has 1 rings (SSSR count). The lowest BCUT2D eigenvalue weighted by atomic mass is 9.82. The molecule has 0 saturated carbocycles. The van der Waals surface area contributed by atoms with Crippen molar-refractivity contribution in [1.29, 1.82) is 0 Å². The lowest BCUT2D eigenvalue weighted by Crippen LogP contribution is -2.41. The lowest BCUT2D eigenvalue weighted by Gasteiger charge is -2.33. The van der Waals surface area contributed by atoms with Crippen LogP contribution in [0.2, 0.25) is 0 Å². The van der Waals surface area contributed by atoms with E-state index in [9.17, 15) is 4.79 Å². The number of carboxylic acids is 1. The maximum atomic E-state index is 10.8. The summed E-state index contributed by atoms with van der Waals surface area (Å²) in [6.45, 7) is 11.9. The number of benzene rings is 1. The first kappa shape index (κ1) is 15.7. The van der Waals surface area contributed by atoms with Gasteiger partial charge in [0.05, 0.1) is 5.56 Å². The van der Waals surface area contributed by atoms with Gasteiger partial charge in [-0.3, -0.25) is 0 Å². The summed E-state index contributed by atoms with van der Waals surface area (Å²) in [7, 11) is 0. The molecule has 2 N–H and O–H groups in total. The molecule has 0 aliphatic carbocycles. The summed E-state index contributed by atoms with van der Waals surface area (Å²) in [4.78, 5) is 10.8. The van der Waals surface area contributed by atoms with Crippen molar-refractivity contribution >= 4 is 5.97 Å². The Kier molecular flexibility index (Phi) is 4.75. The topological polar surface area (TPSA) is 49.3 Å². The van der Waals surface area contributed by atoms with Gasteiger partial charge in [-0.2, -0.15) is 0 Å². The van der Waals surface area contributed by atoms with Crippen LogP contribution in [0.4, 0.5) is 0 Å². The Morgan fingerprint density at radius 1 is 1.11 bits per heavy atom. The van der Waals surface area contributed by atoms with E-state index in [0.29, 0.717) is 5.56 Å². The quantitative estimate of drug-likeness (QED) is 0.851. The van der Waals surface area contributed by atoms with Crippen molar-refractivity contribution in [3.8, 4) is 0 Å². The molecule has 0 heterocycles. The van der Waals surface area contributed by atoms with Gasteiger partial charge >= 0.3 is 5.97 Å². The van der Waals surface area contributed by atoms with Crippen LogP contribution in [-0.2, 0) is 6.54 Å². The fourth-order valence-corrected chi connectivity index (χ4v) is 2.49. The smallest absolute Gasteiger partial charge is 0.335 e. The van der Waals surface area contributed by atoms with Crippen LogP contribution in [0.15, 0.2) is 24.3 Å². The summed E-state index contributed by atoms with van der Waals surface area (Å²) in [5, 5.41) is 12.4. The van der Waals surface area contributed by atoms with Gasteiger partial charge < -0.3 is 10.4 Å². The average Bonchev–Trinajstić information content (AvgIpc) is 2.24. The third-order valence-corrected chi connectivity index (χ3v) is 2.94. The normalized spacial score (nSPS) is 12.5. The van der Waals surface area contributed by atoms with E-state index in [1.54, 1.807) is 12.1 Å². The minimum absolute atomic E-state index is 0.0592. The van der Waals surface area contributed by atoms with Crippen LogP contribution in [0.3, 0.4) is 0 Å². The largest absolute Gasteiger partial charge is 0.478 e. The number of nitrogens with one attached hydrogen (secondary N) is 1. The predicted molar refractivity (Wildman–Crippen MR) is 78.4 cm³/mol. The minimum Gasteiger partial charge on any atom is -0.478 e. The maximum absolute atomic E-state index is 10.8. The Hall–Kier alpha value is -1.35. The van der Waals surface area contributed by atoms with Crippen LogP contribution in [0, 0.1) is 5.41 Å². The Labute approximate surface area is 116 Å². The molecule has 19 heavy (non-hydrogen) atoms. The van der Waals surface area contributed by atoms with Gasteiger partial charge in [-0.1, -0.05) is 32.9 Å². The molecule has 0 bridgehead atoms. The van der Waals surface area contributed by atoms with Gasteiger partial charge in [-0.05, 0) is 43.4 Å². The molecule has 0 aliphatic heterocycles. The fraction of sp³-hybridized carbons (Fsp3) is 0.562. The van der Waals surface area contributed by atoms with Gasteiger partial charge in [0.2, 0.25) is 0 Å². The van der Waals surface area contributed by atoms with Gasteiger partial charge in [-0.25, -0.2) is 4.79 Å². The molecule has 0 aliphatic rings. The first-order chi connectivity index (χ1) is 8.59. The second-order valence-corrected chi connectivity index (χ2v) is 6.98. The van der Waals surface area contributed by atoms with E-state index in [0.717, 1.165) is 18.5 Å².